The highest BCUT2D eigenvalue weighted by atomic mass is 16.5. The van der Waals surface area contributed by atoms with Gasteiger partial charge in [0.25, 0.3) is 0 Å². The third-order valence-corrected chi connectivity index (χ3v) is 4.17. The number of benzene rings is 1. The van der Waals surface area contributed by atoms with Crippen molar-refractivity contribution in [1.29, 1.82) is 0 Å². The minimum absolute atomic E-state index is 0.343. The topological polar surface area (TPSA) is 87.6 Å². The number of anilines is 1. The first kappa shape index (κ1) is 17.3. The van der Waals surface area contributed by atoms with Crippen LogP contribution in [0.1, 0.15) is 27.0 Å². The van der Waals surface area contributed by atoms with Crippen LogP contribution in [0.25, 0.3) is 0 Å². The Morgan fingerprint density at radius 2 is 1.88 bits per heavy atom. The van der Waals surface area contributed by atoms with E-state index in [1.54, 1.807) is 6.07 Å². The highest BCUT2D eigenvalue weighted by Crippen LogP contribution is 2.12. The minimum atomic E-state index is -0.894. The van der Waals surface area contributed by atoms with E-state index in [0.717, 1.165) is 35.7 Å². The highest BCUT2D eigenvalue weighted by Gasteiger charge is 2.13. The molecule has 0 bridgehead atoms. The van der Waals surface area contributed by atoms with Crippen LogP contribution in [0.4, 0.5) is 5.95 Å². The van der Waals surface area contributed by atoms with Gasteiger partial charge in [-0.25, -0.2) is 14.8 Å². The fourth-order valence-corrected chi connectivity index (χ4v) is 2.79. The average Bonchev–Trinajstić information content (AvgIpc) is 2.63. The third kappa shape index (κ3) is 4.52. The Hall–Kier alpha value is -2.51. The lowest BCUT2D eigenvalue weighted by Gasteiger charge is -2.26. The van der Waals surface area contributed by atoms with Gasteiger partial charge in [-0.05, 0) is 24.1 Å². The molecular weight excluding hydrogens is 320 g/mol. The van der Waals surface area contributed by atoms with Crippen molar-refractivity contribution in [2.75, 3.05) is 31.2 Å². The summed E-state index contributed by atoms with van der Waals surface area (Å²) in [7, 11) is 0. The Morgan fingerprint density at radius 3 is 2.52 bits per heavy atom. The van der Waals surface area contributed by atoms with Crippen LogP contribution in [0.15, 0.2) is 30.6 Å². The summed E-state index contributed by atoms with van der Waals surface area (Å²) in [5.41, 5.74) is 3.17. The molecule has 1 aromatic heterocycles. The molecule has 1 saturated heterocycles. The van der Waals surface area contributed by atoms with Crippen LogP contribution in [0.2, 0.25) is 0 Å². The van der Waals surface area contributed by atoms with Gasteiger partial charge in [-0.3, -0.25) is 0 Å². The number of carboxylic acids is 1. The number of aromatic carboxylic acids is 1. The normalized spacial score (nSPS) is 14.5. The van der Waals surface area contributed by atoms with Gasteiger partial charge in [0, 0.05) is 44.1 Å². The molecule has 0 atom stereocenters. The molecule has 0 radical (unpaired) electrons. The number of nitrogens with one attached hydrogen (secondary N) is 1. The summed E-state index contributed by atoms with van der Waals surface area (Å²) in [6.45, 7) is 6.20. The zero-order valence-corrected chi connectivity index (χ0v) is 14.2. The van der Waals surface area contributed by atoms with E-state index in [-0.39, 0.29) is 0 Å². The van der Waals surface area contributed by atoms with Crippen LogP contribution < -0.4 is 10.2 Å². The number of rotatable bonds is 6. The van der Waals surface area contributed by atoms with Crippen molar-refractivity contribution >= 4 is 11.9 Å². The van der Waals surface area contributed by atoms with Crippen molar-refractivity contribution in [1.82, 2.24) is 15.3 Å². The SMILES string of the molecule is Cc1cc(CNCc2cnc(N3CCOCC3)nc2)ccc1C(=O)O. The fraction of sp³-hybridized carbons (Fsp3) is 0.389. The van der Waals surface area contributed by atoms with Crippen molar-refractivity contribution in [3.8, 4) is 0 Å². The van der Waals surface area contributed by atoms with E-state index in [9.17, 15) is 4.79 Å². The average molecular weight is 342 g/mol. The molecule has 2 aromatic rings. The van der Waals surface area contributed by atoms with Gasteiger partial charge in [0.05, 0.1) is 18.8 Å². The maximum absolute atomic E-state index is 11.0. The second kappa shape index (κ2) is 8.04. The van der Waals surface area contributed by atoms with E-state index in [4.69, 9.17) is 9.84 Å². The van der Waals surface area contributed by atoms with Gasteiger partial charge >= 0.3 is 5.97 Å². The Bertz CT molecular complexity index is 728. The molecule has 2 N–H and O–H groups in total. The number of ether oxygens (including phenoxy) is 1. The Labute approximate surface area is 146 Å². The van der Waals surface area contributed by atoms with E-state index < -0.39 is 5.97 Å². The van der Waals surface area contributed by atoms with Gasteiger partial charge in [0.1, 0.15) is 0 Å². The molecule has 1 fully saturated rings. The summed E-state index contributed by atoms with van der Waals surface area (Å²) in [6, 6.07) is 5.38. The van der Waals surface area contributed by atoms with Gasteiger partial charge in [0.15, 0.2) is 0 Å². The van der Waals surface area contributed by atoms with Crippen molar-refractivity contribution in [2.24, 2.45) is 0 Å². The van der Waals surface area contributed by atoms with E-state index in [2.05, 4.69) is 20.2 Å². The minimum Gasteiger partial charge on any atom is -0.478 e. The number of morpholine rings is 1. The molecular formula is C18H22N4O3. The molecule has 0 amide bonds. The zero-order valence-electron chi connectivity index (χ0n) is 14.2. The molecule has 7 heteroatoms. The van der Waals surface area contributed by atoms with E-state index in [1.165, 1.54) is 0 Å². The smallest absolute Gasteiger partial charge is 0.335 e. The summed E-state index contributed by atoms with van der Waals surface area (Å²) < 4.78 is 5.33. The maximum atomic E-state index is 11.0. The lowest BCUT2D eigenvalue weighted by molar-refractivity contribution is 0.0696. The monoisotopic (exact) mass is 342 g/mol. The predicted molar refractivity (Wildman–Crippen MR) is 93.7 cm³/mol. The van der Waals surface area contributed by atoms with Crippen LogP contribution in [0.5, 0.6) is 0 Å². The van der Waals surface area contributed by atoms with Crippen molar-refractivity contribution in [2.45, 2.75) is 20.0 Å². The summed E-state index contributed by atoms with van der Waals surface area (Å²) in [5, 5.41) is 12.4. The third-order valence-electron chi connectivity index (χ3n) is 4.17. The molecule has 1 aliphatic heterocycles. The van der Waals surface area contributed by atoms with Crippen molar-refractivity contribution in [3.63, 3.8) is 0 Å². The number of hydrogen-bond donors (Lipinski definition) is 2. The predicted octanol–water partition coefficient (Wildman–Crippen LogP) is 1.61. The largest absolute Gasteiger partial charge is 0.478 e. The first-order valence-electron chi connectivity index (χ1n) is 8.30. The van der Waals surface area contributed by atoms with E-state index >= 15 is 0 Å². The number of aromatic nitrogens is 2. The van der Waals surface area contributed by atoms with Gasteiger partial charge in [-0.2, -0.15) is 0 Å². The Kier molecular flexibility index (Phi) is 5.57. The first-order chi connectivity index (χ1) is 12.1. The molecule has 0 aliphatic carbocycles. The first-order valence-corrected chi connectivity index (χ1v) is 8.30. The molecule has 132 valence electrons. The number of hydrogen-bond acceptors (Lipinski definition) is 6. The second-order valence-electron chi connectivity index (χ2n) is 6.05. The molecule has 1 aliphatic rings. The Balaban J connectivity index is 1.52. The standard InChI is InChI=1S/C18H22N4O3/c1-13-8-14(2-3-16(13)17(23)24)9-19-10-15-11-20-18(21-12-15)22-4-6-25-7-5-22/h2-3,8,11-12,19H,4-7,9-10H2,1H3,(H,23,24). The number of carboxylic acid groups (broad SMARTS) is 1. The van der Waals surface area contributed by atoms with E-state index in [0.29, 0.717) is 31.9 Å². The van der Waals surface area contributed by atoms with Gasteiger partial charge in [-0.1, -0.05) is 12.1 Å². The molecule has 1 aromatic carbocycles. The number of nitrogens with zero attached hydrogens (tertiary/aromatic N) is 3. The number of aryl methyl sites for hydroxylation is 1. The summed E-state index contributed by atoms with van der Waals surface area (Å²) in [6.07, 6.45) is 3.67. The van der Waals surface area contributed by atoms with Crippen LogP contribution in [-0.4, -0.2) is 47.3 Å². The molecule has 7 nitrogen and oxygen atoms in total. The quantitative estimate of drug-likeness (QED) is 0.824. The van der Waals surface area contributed by atoms with Crippen molar-refractivity contribution < 1.29 is 14.6 Å². The van der Waals surface area contributed by atoms with Crippen LogP contribution in [0, 0.1) is 6.92 Å². The molecule has 0 saturated carbocycles. The van der Waals surface area contributed by atoms with E-state index in [1.807, 2.05) is 31.5 Å². The molecule has 3 rings (SSSR count). The van der Waals surface area contributed by atoms with Crippen molar-refractivity contribution in [3.05, 3.63) is 52.8 Å². The van der Waals surface area contributed by atoms with Crippen LogP contribution in [-0.2, 0) is 17.8 Å². The molecule has 0 unspecified atom stereocenters. The van der Waals surface area contributed by atoms with Gasteiger partial charge in [0.2, 0.25) is 5.95 Å². The Morgan fingerprint density at radius 1 is 1.20 bits per heavy atom. The summed E-state index contributed by atoms with van der Waals surface area (Å²) >= 11 is 0. The summed E-state index contributed by atoms with van der Waals surface area (Å²) in [4.78, 5) is 22.0. The molecule has 25 heavy (non-hydrogen) atoms. The second-order valence-corrected chi connectivity index (χ2v) is 6.05. The van der Waals surface area contributed by atoms with Gasteiger partial charge in [-0.15, -0.1) is 0 Å². The fourth-order valence-electron chi connectivity index (χ4n) is 2.79. The highest BCUT2D eigenvalue weighted by molar-refractivity contribution is 5.89. The lowest BCUT2D eigenvalue weighted by atomic mass is 10.1. The maximum Gasteiger partial charge on any atom is 0.335 e. The summed E-state index contributed by atoms with van der Waals surface area (Å²) in [5.74, 6) is -0.151. The molecule has 0 spiro atoms. The van der Waals surface area contributed by atoms with Crippen LogP contribution in [0.3, 0.4) is 0 Å². The zero-order chi connectivity index (χ0) is 17.6. The molecule has 2 heterocycles. The number of carbonyl (C=O) groups is 1. The lowest BCUT2D eigenvalue weighted by Crippen LogP contribution is -2.37. The van der Waals surface area contributed by atoms with Gasteiger partial charge < -0.3 is 20.1 Å². The van der Waals surface area contributed by atoms with Crippen LogP contribution >= 0.6 is 0 Å².